The van der Waals surface area contributed by atoms with Crippen LogP contribution in [0.4, 0.5) is 5.69 Å². The van der Waals surface area contributed by atoms with Crippen LogP contribution in [0.5, 0.6) is 0 Å². The molecule has 0 radical (unpaired) electrons. The Morgan fingerprint density at radius 2 is 1.04 bits per heavy atom. The van der Waals surface area contributed by atoms with Crippen LogP contribution < -0.4 is 20.9 Å². The number of anilines is 1. The minimum atomic E-state index is -0.0215. The molecule has 6 aromatic carbocycles. The molecule has 3 fully saturated rings. The molecule has 2 saturated carbocycles. The molecule has 5 unspecified atom stereocenters. The number of nitrogens with zero attached hydrogens (tertiary/aromatic N) is 1. The van der Waals surface area contributed by atoms with E-state index in [2.05, 4.69) is 160 Å². The first kappa shape index (κ1) is 34.5. The Hall–Kier alpha value is -4.78. The van der Waals surface area contributed by atoms with Gasteiger partial charge in [-0.3, -0.25) is 16.0 Å². The highest BCUT2D eigenvalue weighted by molar-refractivity contribution is 7.25. The van der Waals surface area contributed by atoms with Gasteiger partial charge in [-0.1, -0.05) is 147 Å². The second kappa shape index (κ2) is 14.6. The largest absolute Gasteiger partial charge is 0.365 e. The van der Waals surface area contributed by atoms with Gasteiger partial charge in [0.25, 0.3) is 0 Å². The molecule has 2 aliphatic carbocycles. The van der Waals surface area contributed by atoms with Gasteiger partial charge in [0, 0.05) is 43.9 Å². The maximum absolute atomic E-state index is 4.04. The molecule has 1 aromatic heterocycles. The summed E-state index contributed by atoms with van der Waals surface area (Å²) >= 11 is 1.90. The average Bonchev–Trinajstić information content (AvgIpc) is 3.81. The topological polar surface area (TPSA) is 39.3 Å². The van der Waals surface area contributed by atoms with Crippen molar-refractivity contribution < 1.29 is 0 Å². The summed E-state index contributed by atoms with van der Waals surface area (Å²) in [5, 5.41) is 14.6. The van der Waals surface area contributed by atoms with E-state index in [0.717, 1.165) is 0 Å². The summed E-state index contributed by atoms with van der Waals surface area (Å²) in [6.45, 7) is 0. The molecule has 11 rings (SSSR count). The summed E-state index contributed by atoms with van der Waals surface area (Å²) in [4.78, 5) is 2.91. The Balaban J connectivity index is 0.920. The van der Waals surface area contributed by atoms with Gasteiger partial charge < -0.3 is 4.90 Å². The van der Waals surface area contributed by atoms with Crippen LogP contribution in [0, 0.1) is 0 Å². The van der Waals surface area contributed by atoms with Gasteiger partial charge in [-0.05, 0) is 94.5 Å². The second-order valence-electron chi connectivity index (χ2n) is 16.7. The zero-order valence-electron chi connectivity index (χ0n) is 32.0. The zero-order chi connectivity index (χ0) is 37.0. The molecule has 0 amide bonds. The van der Waals surface area contributed by atoms with Crippen molar-refractivity contribution >= 4 is 37.2 Å². The van der Waals surface area contributed by atoms with Crippen molar-refractivity contribution in [3.63, 3.8) is 0 Å². The Morgan fingerprint density at radius 3 is 1.82 bits per heavy atom. The minimum absolute atomic E-state index is 0.00850. The van der Waals surface area contributed by atoms with E-state index in [-0.39, 0.29) is 18.5 Å². The molecule has 2 aliphatic heterocycles. The van der Waals surface area contributed by atoms with E-state index in [4.69, 9.17) is 0 Å². The molecule has 0 spiro atoms. The third-order valence-corrected chi connectivity index (χ3v) is 14.5. The Bertz CT molecular complexity index is 2500. The lowest BCUT2D eigenvalue weighted by Gasteiger charge is -2.41. The van der Waals surface area contributed by atoms with E-state index >= 15 is 0 Å². The lowest BCUT2D eigenvalue weighted by Crippen LogP contribution is -2.54. The van der Waals surface area contributed by atoms with Gasteiger partial charge in [-0.15, -0.1) is 11.3 Å². The number of hydrogen-bond donors (Lipinski definition) is 3. The summed E-state index contributed by atoms with van der Waals surface area (Å²) in [5.74, 6) is 0.659. The highest BCUT2D eigenvalue weighted by Crippen LogP contribution is 2.51. The fraction of sp³-hybridized carbons (Fsp3) is 0.294. The number of hydrogen-bond acceptors (Lipinski definition) is 5. The van der Waals surface area contributed by atoms with Crippen molar-refractivity contribution in [3.05, 3.63) is 162 Å². The molecular formula is C51H50N4S. The molecular weight excluding hydrogens is 701 g/mol. The second-order valence-corrected chi connectivity index (χ2v) is 17.8. The predicted octanol–water partition coefficient (Wildman–Crippen LogP) is 12.7. The van der Waals surface area contributed by atoms with Crippen molar-refractivity contribution in [1.29, 1.82) is 0 Å². The smallest absolute Gasteiger partial charge is 0.0865 e. The highest BCUT2D eigenvalue weighted by Gasteiger charge is 2.43. The highest BCUT2D eigenvalue weighted by atomic mass is 32.1. The first-order chi connectivity index (χ1) is 27.7. The molecule has 280 valence electrons. The van der Waals surface area contributed by atoms with Crippen molar-refractivity contribution in [2.24, 2.45) is 0 Å². The van der Waals surface area contributed by atoms with Crippen LogP contribution in [0.1, 0.15) is 104 Å². The van der Waals surface area contributed by atoms with Crippen LogP contribution in [-0.4, -0.2) is 12.1 Å². The third-order valence-electron chi connectivity index (χ3n) is 13.4. The molecule has 56 heavy (non-hydrogen) atoms. The summed E-state index contributed by atoms with van der Waals surface area (Å²) in [7, 11) is 0. The van der Waals surface area contributed by atoms with E-state index < -0.39 is 0 Å². The summed E-state index contributed by atoms with van der Waals surface area (Å²) in [6.07, 6.45) is 12.3. The molecule has 7 aromatic rings. The van der Waals surface area contributed by atoms with Gasteiger partial charge in [0.15, 0.2) is 0 Å². The Morgan fingerprint density at radius 1 is 0.446 bits per heavy atom. The van der Waals surface area contributed by atoms with Gasteiger partial charge in [0.2, 0.25) is 0 Å². The van der Waals surface area contributed by atoms with Gasteiger partial charge in [-0.25, -0.2) is 0 Å². The van der Waals surface area contributed by atoms with Crippen LogP contribution in [0.15, 0.2) is 140 Å². The first-order valence-corrected chi connectivity index (χ1v) is 21.9. The standard InChI is InChI=1S/C51H50N4S/c1-4-13-33(14-5-1)35-17-12-18-36(29-35)37-23-26-42-43-27-24-39(32-48(43)56-47(42)31-37)51-53-49(34-15-6-2-7-16-34)52-50(54-51)38-25-28-46-44(30-38)41-21-10-11-22-45(41)55(46)40-19-8-3-9-20-40/h1-2,4-7,12-18,23-32,40-41,45,49-54H,3,8-11,19-22H2. The third kappa shape index (κ3) is 6.26. The van der Waals surface area contributed by atoms with Crippen LogP contribution in [0.2, 0.25) is 0 Å². The van der Waals surface area contributed by atoms with E-state index in [1.54, 1.807) is 5.56 Å². The number of fused-ring (bicyclic) bond motifs is 6. The molecule has 5 heteroatoms. The van der Waals surface area contributed by atoms with Crippen LogP contribution in [-0.2, 0) is 0 Å². The summed E-state index contributed by atoms with van der Waals surface area (Å²) in [5.41, 5.74) is 12.0. The van der Waals surface area contributed by atoms with Crippen molar-refractivity contribution in [2.75, 3.05) is 4.90 Å². The van der Waals surface area contributed by atoms with E-state index in [1.165, 1.54) is 123 Å². The normalized spacial score (nSPS) is 24.0. The fourth-order valence-electron chi connectivity index (χ4n) is 10.6. The van der Waals surface area contributed by atoms with Gasteiger partial charge in [-0.2, -0.15) is 0 Å². The molecule has 3 N–H and O–H groups in total. The van der Waals surface area contributed by atoms with Crippen LogP contribution in [0.3, 0.4) is 0 Å². The molecule has 5 atom stereocenters. The Kier molecular flexibility index (Phi) is 9.00. The van der Waals surface area contributed by atoms with Gasteiger partial charge >= 0.3 is 0 Å². The quantitative estimate of drug-likeness (QED) is 0.158. The summed E-state index contributed by atoms with van der Waals surface area (Å²) < 4.78 is 2.65. The molecule has 4 aliphatic rings. The lowest BCUT2D eigenvalue weighted by molar-refractivity contribution is 0.203. The van der Waals surface area contributed by atoms with E-state index in [0.29, 0.717) is 18.0 Å². The maximum Gasteiger partial charge on any atom is 0.0865 e. The van der Waals surface area contributed by atoms with E-state index in [1.807, 2.05) is 11.3 Å². The van der Waals surface area contributed by atoms with Crippen molar-refractivity contribution in [3.8, 4) is 22.3 Å². The monoisotopic (exact) mass is 750 g/mol. The minimum Gasteiger partial charge on any atom is -0.365 e. The maximum atomic E-state index is 4.04. The van der Waals surface area contributed by atoms with Crippen molar-refractivity contribution in [1.82, 2.24) is 16.0 Å². The molecule has 3 heterocycles. The van der Waals surface area contributed by atoms with Crippen molar-refractivity contribution in [2.45, 2.75) is 94.3 Å². The molecule has 0 bridgehead atoms. The van der Waals surface area contributed by atoms with E-state index in [9.17, 15) is 0 Å². The number of benzene rings is 6. The number of rotatable bonds is 6. The van der Waals surface area contributed by atoms with Gasteiger partial charge in [0.1, 0.15) is 0 Å². The summed E-state index contributed by atoms with van der Waals surface area (Å²) in [6, 6.07) is 53.5. The Labute approximate surface area is 335 Å². The molecule has 4 nitrogen and oxygen atoms in total. The van der Waals surface area contributed by atoms with Crippen LogP contribution in [0.25, 0.3) is 42.4 Å². The first-order valence-electron chi connectivity index (χ1n) is 21.1. The van der Waals surface area contributed by atoms with Gasteiger partial charge in [0.05, 0.1) is 18.5 Å². The molecule has 1 saturated heterocycles. The fourth-order valence-corrected chi connectivity index (χ4v) is 11.8. The number of nitrogens with one attached hydrogen (secondary N) is 3. The predicted molar refractivity (Wildman–Crippen MR) is 235 cm³/mol. The SMILES string of the molecule is c1ccc(-c2cccc(-c3ccc4c(c3)sc3cc(C5NC(c6ccccc6)NC(c6ccc7c(c6)C6CCCCC6N7C6CCCCC6)N5)ccc34)c2)cc1. The average molecular weight is 751 g/mol. The zero-order valence-corrected chi connectivity index (χ0v) is 32.8. The van der Waals surface area contributed by atoms with Crippen LogP contribution >= 0.6 is 11.3 Å². The lowest BCUT2D eigenvalue weighted by atomic mass is 9.81. The number of thiophene rings is 1.